The summed E-state index contributed by atoms with van der Waals surface area (Å²) in [5.74, 6) is 0.874. The van der Waals surface area contributed by atoms with Gasteiger partial charge >= 0.3 is 0 Å². The van der Waals surface area contributed by atoms with Crippen LogP contribution in [0.3, 0.4) is 0 Å². The van der Waals surface area contributed by atoms with E-state index < -0.39 is 0 Å². The van der Waals surface area contributed by atoms with Gasteiger partial charge < -0.3 is 9.94 Å². The van der Waals surface area contributed by atoms with Gasteiger partial charge in [0.1, 0.15) is 17.4 Å². The van der Waals surface area contributed by atoms with Gasteiger partial charge in [-0.2, -0.15) is 0 Å². The fraction of sp³-hybridized carbons (Fsp3) is 0.375. The monoisotopic (exact) mass is 302 g/mol. The number of ether oxygens (including phenoxy) is 1. The Morgan fingerprint density at radius 1 is 1.33 bits per heavy atom. The summed E-state index contributed by atoms with van der Waals surface area (Å²) in [4.78, 5) is 5.73. The Hall–Kier alpha value is -1.88. The fourth-order valence-electron chi connectivity index (χ4n) is 2.64. The summed E-state index contributed by atoms with van der Waals surface area (Å²) in [6, 6.07) is 5.92. The number of fused-ring (bicyclic) bond motifs is 1. The van der Waals surface area contributed by atoms with E-state index in [0.717, 1.165) is 52.6 Å². The van der Waals surface area contributed by atoms with Crippen molar-refractivity contribution >= 4 is 17.0 Å². The van der Waals surface area contributed by atoms with Gasteiger partial charge in [0, 0.05) is 16.0 Å². The molecule has 110 valence electrons. The van der Waals surface area contributed by atoms with Crippen molar-refractivity contribution in [2.45, 2.75) is 39.7 Å². The van der Waals surface area contributed by atoms with Crippen molar-refractivity contribution in [3.8, 4) is 5.75 Å². The molecule has 0 spiro atoms. The van der Waals surface area contributed by atoms with Crippen LogP contribution in [0.15, 0.2) is 23.4 Å². The van der Waals surface area contributed by atoms with Crippen LogP contribution >= 0.6 is 11.3 Å². The van der Waals surface area contributed by atoms with Gasteiger partial charge in [0.05, 0.1) is 11.4 Å². The van der Waals surface area contributed by atoms with Crippen LogP contribution in [0.2, 0.25) is 0 Å². The number of hydrogen-bond acceptors (Lipinski definition) is 5. The number of rotatable bonds is 3. The third-order valence-electron chi connectivity index (χ3n) is 3.83. The largest absolute Gasteiger partial charge is 0.486 e. The molecule has 3 rings (SSSR count). The second-order valence-electron chi connectivity index (χ2n) is 5.22. The van der Waals surface area contributed by atoms with Crippen LogP contribution in [0.1, 0.15) is 39.5 Å². The molecular weight excluding hydrogens is 284 g/mol. The molecule has 0 aliphatic heterocycles. The van der Waals surface area contributed by atoms with Gasteiger partial charge in [-0.05, 0) is 39.2 Å². The molecule has 21 heavy (non-hydrogen) atoms. The van der Waals surface area contributed by atoms with Crippen molar-refractivity contribution in [2.75, 3.05) is 0 Å². The molecule has 4 nitrogen and oxygen atoms in total. The minimum absolute atomic E-state index is 0.488. The lowest BCUT2D eigenvalue weighted by molar-refractivity contribution is 0.301. The standard InChI is InChI=1S/C16H18N2O2S/c1-10-11(2)21-16(17-10)9-20-15-8-4-5-12-13(15)6-3-7-14(12)18-19/h4-5,8,19H,3,6-7,9H2,1-2H3/b18-14+. The van der Waals surface area contributed by atoms with Crippen molar-refractivity contribution in [2.24, 2.45) is 5.16 Å². The highest BCUT2D eigenvalue weighted by Crippen LogP contribution is 2.30. The molecule has 0 saturated heterocycles. The molecule has 1 aliphatic rings. The third kappa shape index (κ3) is 2.78. The van der Waals surface area contributed by atoms with Gasteiger partial charge in [0.15, 0.2) is 0 Å². The van der Waals surface area contributed by atoms with E-state index in [1.807, 2.05) is 25.1 Å². The first-order valence-electron chi connectivity index (χ1n) is 7.08. The molecule has 0 saturated carbocycles. The van der Waals surface area contributed by atoms with E-state index in [1.54, 1.807) is 11.3 Å². The molecule has 1 heterocycles. The van der Waals surface area contributed by atoms with Gasteiger partial charge in [-0.3, -0.25) is 0 Å². The number of thiazole rings is 1. The number of nitrogens with zero attached hydrogens (tertiary/aromatic N) is 2. The first kappa shape index (κ1) is 14.1. The first-order valence-corrected chi connectivity index (χ1v) is 7.89. The van der Waals surface area contributed by atoms with E-state index in [1.165, 1.54) is 4.88 Å². The number of oxime groups is 1. The minimum atomic E-state index is 0.488. The summed E-state index contributed by atoms with van der Waals surface area (Å²) in [5, 5.41) is 13.5. The molecule has 1 aliphatic carbocycles. The molecule has 0 amide bonds. The molecule has 0 unspecified atom stereocenters. The zero-order valence-corrected chi connectivity index (χ0v) is 13.0. The molecule has 1 aromatic heterocycles. The Balaban J connectivity index is 1.83. The smallest absolute Gasteiger partial charge is 0.140 e. The van der Waals surface area contributed by atoms with Crippen molar-refractivity contribution in [3.63, 3.8) is 0 Å². The maximum Gasteiger partial charge on any atom is 0.140 e. The molecule has 2 aromatic rings. The predicted molar refractivity (Wildman–Crippen MR) is 83.6 cm³/mol. The van der Waals surface area contributed by atoms with Crippen molar-refractivity contribution in [1.29, 1.82) is 0 Å². The third-order valence-corrected chi connectivity index (χ3v) is 4.88. The van der Waals surface area contributed by atoms with Crippen LogP contribution in [0.5, 0.6) is 5.75 Å². The zero-order chi connectivity index (χ0) is 14.8. The number of benzene rings is 1. The summed E-state index contributed by atoms with van der Waals surface area (Å²) in [6.07, 6.45) is 2.76. The van der Waals surface area contributed by atoms with Crippen LogP contribution in [-0.4, -0.2) is 15.9 Å². The molecule has 0 atom stereocenters. The highest BCUT2D eigenvalue weighted by molar-refractivity contribution is 7.11. The van der Waals surface area contributed by atoms with Crippen LogP contribution in [0, 0.1) is 13.8 Å². The topological polar surface area (TPSA) is 54.7 Å². The average Bonchev–Trinajstić information content (AvgIpc) is 2.83. The Morgan fingerprint density at radius 2 is 2.19 bits per heavy atom. The Bertz CT molecular complexity index is 672. The van der Waals surface area contributed by atoms with Crippen LogP contribution in [0.4, 0.5) is 0 Å². The fourth-order valence-corrected chi connectivity index (χ4v) is 3.49. The van der Waals surface area contributed by atoms with Gasteiger partial charge in [-0.15, -0.1) is 11.3 Å². The maximum atomic E-state index is 9.11. The number of aromatic nitrogens is 1. The highest BCUT2D eigenvalue weighted by Gasteiger charge is 2.19. The van der Waals surface area contributed by atoms with E-state index in [0.29, 0.717) is 6.61 Å². The lowest BCUT2D eigenvalue weighted by Crippen LogP contribution is -2.13. The molecule has 0 radical (unpaired) electrons. The lowest BCUT2D eigenvalue weighted by Gasteiger charge is -2.19. The van der Waals surface area contributed by atoms with Crippen molar-refractivity contribution in [1.82, 2.24) is 4.98 Å². The normalized spacial score (nSPS) is 16.0. The summed E-state index contributed by atoms with van der Waals surface area (Å²) in [6.45, 7) is 4.58. The average molecular weight is 302 g/mol. The van der Waals surface area contributed by atoms with Gasteiger partial charge in [0.2, 0.25) is 0 Å². The van der Waals surface area contributed by atoms with Gasteiger partial charge in [0.25, 0.3) is 0 Å². The van der Waals surface area contributed by atoms with Gasteiger partial charge in [-0.1, -0.05) is 17.3 Å². The van der Waals surface area contributed by atoms with E-state index in [9.17, 15) is 0 Å². The van der Waals surface area contributed by atoms with E-state index in [4.69, 9.17) is 9.94 Å². The second-order valence-corrected chi connectivity index (χ2v) is 6.51. The van der Waals surface area contributed by atoms with E-state index in [2.05, 4.69) is 17.1 Å². The molecule has 1 N–H and O–H groups in total. The summed E-state index contributed by atoms with van der Waals surface area (Å²) in [7, 11) is 0. The molecule has 1 aromatic carbocycles. The van der Waals surface area contributed by atoms with Crippen LogP contribution in [0.25, 0.3) is 0 Å². The maximum absolute atomic E-state index is 9.11. The van der Waals surface area contributed by atoms with E-state index >= 15 is 0 Å². The second kappa shape index (κ2) is 5.85. The molecule has 5 heteroatoms. The predicted octanol–water partition coefficient (Wildman–Crippen LogP) is 3.85. The summed E-state index contributed by atoms with van der Waals surface area (Å²) >= 11 is 1.68. The summed E-state index contributed by atoms with van der Waals surface area (Å²) in [5.41, 5.74) is 3.97. The zero-order valence-electron chi connectivity index (χ0n) is 12.2. The molecular formula is C16H18N2O2S. The number of aryl methyl sites for hydroxylation is 2. The Kier molecular flexibility index (Phi) is 3.92. The van der Waals surface area contributed by atoms with E-state index in [-0.39, 0.29) is 0 Å². The highest BCUT2D eigenvalue weighted by atomic mass is 32.1. The van der Waals surface area contributed by atoms with Crippen LogP contribution < -0.4 is 4.74 Å². The SMILES string of the molecule is Cc1nc(COc2cccc3c2CCC/C3=N\O)sc1C. The van der Waals surface area contributed by atoms with Crippen molar-refractivity contribution in [3.05, 3.63) is 44.9 Å². The first-order chi connectivity index (χ1) is 10.2. The lowest BCUT2D eigenvalue weighted by atomic mass is 9.89. The molecule has 0 fully saturated rings. The number of hydrogen-bond donors (Lipinski definition) is 1. The Morgan fingerprint density at radius 3 is 2.90 bits per heavy atom. The minimum Gasteiger partial charge on any atom is -0.486 e. The van der Waals surface area contributed by atoms with Gasteiger partial charge in [-0.25, -0.2) is 4.98 Å². The summed E-state index contributed by atoms with van der Waals surface area (Å²) < 4.78 is 5.96. The Labute approximate surface area is 128 Å². The molecule has 0 bridgehead atoms. The van der Waals surface area contributed by atoms with Crippen molar-refractivity contribution < 1.29 is 9.94 Å². The quantitative estimate of drug-likeness (QED) is 0.692. The van der Waals surface area contributed by atoms with Crippen LogP contribution in [-0.2, 0) is 13.0 Å².